The maximum absolute atomic E-state index is 5.27. The molecular formula is C13H20N4S. The minimum Gasteiger partial charge on any atom is -0.356 e. The fraction of sp³-hybridized carbons (Fsp3) is 0.692. The van der Waals surface area contributed by atoms with Crippen LogP contribution in [0.4, 0.5) is 5.82 Å². The van der Waals surface area contributed by atoms with Gasteiger partial charge in [-0.1, -0.05) is 12.8 Å². The average molecular weight is 264 g/mol. The van der Waals surface area contributed by atoms with E-state index in [0.29, 0.717) is 4.77 Å². The summed E-state index contributed by atoms with van der Waals surface area (Å²) in [6.45, 7) is 4.19. The smallest absolute Gasteiger partial charge is 0.199 e. The third kappa shape index (κ3) is 2.42. The van der Waals surface area contributed by atoms with Crippen LogP contribution in [0.1, 0.15) is 36.9 Å². The van der Waals surface area contributed by atoms with E-state index in [4.69, 9.17) is 12.2 Å². The Balaban J connectivity index is 1.98. The number of rotatable bonds is 1. The van der Waals surface area contributed by atoms with E-state index in [9.17, 15) is 0 Å². The molecule has 0 aromatic carbocycles. The highest BCUT2D eigenvalue weighted by molar-refractivity contribution is 7.71. The van der Waals surface area contributed by atoms with Crippen molar-refractivity contribution in [1.82, 2.24) is 15.3 Å². The van der Waals surface area contributed by atoms with Crippen molar-refractivity contribution in [3.63, 3.8) is 0 Å². The SMILES string of the molecule is S=c1nc(N2CCCCCC2)c2c([nH]1)CNCC2. The molecule has 0 amide bonds. The van der Waals surface area contributed by atoms with Gasteiger partial charge in [-0.15, -0.1) is 0 Å². The number of aromatic amines is 1. The van der Waals surface area contributed by atoms with Crippen LogP contribution in [0.3, 0.4) is 0 Å². The molecular weight excluding hydrogens is 244 g/mol. The van der Waals surface area contributed by atoms with Crippen molar-refractivity contribution in [2.24, 2.45) is 0 Å². The van der Waals surface area contributed by atoms with Crippen molar-refractivity contribution in [2.45, 2.75) is 38.6 Å². The molecule has 18 heavy (non-hydrogen) atoms. The van der Waals surface area contributed by atoms with Gasteiger partial charge < -0.3 is 15.2 Å². The summed E-state index contributed by atoms with van der Waals surface area (Å²) in [5.74, 6) is 1.15. The fourth-order valence-electron chi connectivity index (χ4n) is 2.92. The minimum absolute atomic E-state index is 0.622. The second-order valence-corrected chi connectivity index (χ2v) is 5.54. The molecule has 1 fully saturated rings. The molecule has 5 heteroatoms. The van der Waals surface area contributed by atoms with Gasteiger partial charge in [-0.2, -0.15) is 0 Å². The predicted octanol–water partition coefficient (Wildman–Crippen LogP) is 2.17. The van der Waals surface area contributed by atoms with Gasteiger partial charge in [0, 0.05) is 30.9 Å². The highest BCUT2D eigenvalue weighted by Crippen LogP contribution is 2.25. The standard InChI is InChI=1S/C13H20N4S/c18-13-15-11-9-14-6-5-10(11)12(16-13)17-7-3-1-2-4-8-17/h14H,1-9H2,(H,15,16,18). The summed E-state index contributed by atoms with van der Waals surface area (Å²) < 4.78 is 0.622. The Morgan fingerprint density at radius 1 is 1.11 bits per heavy atom. The molecule has 2 aliphatic rings. The first-order valence-electron chi connectivity index (χ1n) is 6.92. The highest BCUT2D eigenvalue weighted by atomic mass is 32.1. The largest absolute Gasteiger partial charge is 0.356 e. The molecule has 2 aliphatic heterocycles. The van der Waals surface area contributed by atoms with Crippen LogP contribution in [0.15, 0.2) is 0 Å². The summed E-state index contributed by atoms with van der Waals surface area (Å²) in [5.41, 5.74) is 2.62. The monoisotopic (exact) mass is 264 g/mol. The van der Waals surface area contributed by atoms with Crippen LogP contribution in [0.25, 0.3) is 0 Å². The lowest BCUT2D eigenvalue weighted by atomic mass is 10.1. The van der Waals surface area contributed by atoms with Crippen molar-refractivity contribution in [3.8, 4) is 0 Å². The van der Waals surface area contributed by atoms with Gasteiger partial charge in [0.15, 0.2) is 4.77 Å². The Hall–Kier alpha value is -0.940. The van der Waals surface area contributed by atoms with Crippen molar-refractivity contribution < 1.29 is 0 Å². The van der Waals surface area contributed by atoms with Gasteiger partial charge in [-0.05, 0) is 38.0 Å². The van der Waals surface area contributed by atoms with Gasteiger partial charge in [0.1, 0.15) is 5.82 Å². The number of nitrogens with zero attached hydrogens (tertiary/aromatic N) is 2. The molecule has 0 atom stereocenters. The second-order valence-electron chi connectivity index (χ2n) is 5.15. The topological polar surface area (TPSA) is 44.0 Å². The maximum Gasteiger partial charge on any atom is 0.199 e. The van der Waals surface area contributed by atoms with Crippen molar-refractivity contribution in [3.05, 3.63) is 16.0 Å². The lowest BCUT2D eigenvalue weighted by Gasteiger charge is -2.27. The number of anilines is 1. The Morgan fingerprint density at radius 3 is 2.67 bits per heavy atom. The van der Waals surface area contributed by atoms with Crippen LogP contribution in [0.5, 0.6) is 0 Å². The van der Waals surface area contributed by atoms with Gasteiger partial charge >= 0.3 is 0 Å². The summed E-state index contributed by atoms with van der Waals surface area (Å²) in [6, 6.07) is 0. The van der Waals surface area contributed by atoms with Gasteiger partial charge in [0.05, 0.1) is 0 Å². The molecule has 1 aromatic rings. The van der Waals surface area contributed by atoms with Gasteiger partial charge in [-0.3, -0.25) is 0 Å². The first-order valence-corrected chi connectivity index (χ1v) is 7.33. The van der Waals surface area contributed by atoms with E-state index in [1.807, 2.05) is 0 Å². The molecule has 0 saturated carbocycles. The lowest BCUT2D eigenvalue weighted by molar-refractivity contribution is 0.616. The zero-order chi connectivity index (χ0) is 12.4. The highest BCUT2D eigenvalue weighted by Gasteiger charge is 2.20. The minimum atomic E-state index is 0.622. The summed E-state index contributed by atoms with van der Waals surface area (Å²) in [6.07, 6.45) is 6.31. The molecule has 4 nitrogen and oxygen atoms in total. The Bertz CT molecular complexity index is 474. The molecule has 1 aromatic heterocycles. The number of hydrogen-bond acceptors (Lipinski definition) is 4. The van der Waals surface area contributed by atoms with Gasteiger partial charge in [0.2, 0.25) is 0 Å². The molecule has 0 spiro atoms. The van der Waals surface area contributed by atoms with Crippen LogP contribution >= 0.6 is 12.2 Å². The zero-order valence-electron chi connectivity index (χ0n) is 10.7. The van der Waals surface area contributed by atoms with Crippen LogP contribution in [-0.4, -0.2) is 29.6 Å². The Kier molecular flexibility index (Phi) is 3.61. The number of H-pyrrole nitrogens is 1. The van der Waals surface area contributed by atoms with Crippen molar-refractivity contribution >= 4 is 18.0 Å². The molecule has 2 N–H and O–H groups in total. The van der Waals surface area contributed by atoms with E-state index >= 15 is 0 Å². The summed E-state index contributed by atoms with van der Waals surface area (Å²) in [4.78, 5) is 10.3. The molecule has 3 rings (SSSR count). The Labute approximate surface area is 113 Å². The van der Waals surface area contributed by atoms with Gasteiger partial charge in [-0.25, -0.2) is 4.98 Å². The Morgan fingerprint density at radius 2 is 1.89 bits per heavy atom. The van der Waals surface area contributed by atoms with Crippen LogP contribution in [-0.2, 0) is 13.0 Å². The average Bonchev–Trinajstić information content (AvgIpc) is 2.66. The van der Waals surface area contributed by atoms with E-state index in [-0.39, 0.29) is 0 Å². The summed E-state index contributed by atoms with van der Waals surface area (Å²) in [7, 11) is 0. The predicted molar refractivity (Wildman–Crippen MR) is 75.5 cm³/mol. The quantitative estimate of drug-likeness (QED) is 0.763. The molecule has 3 heterocycles. The van der Waals surface area contributed by atoms with Crippen LogP contribution in [0, 0.1) is 4.77 Å². The summed E-state index contributed by atoms with van der Waals surface area (Å²) >= 11 is 5.27. The molecule has 1 saturated heterocycles. The van der Waals surface area contributed by atoms with Gasteiger partial charge in [0.25, 0.3) is 0 Å². The molecule has 0 aliphatic carbocycles. The first kappa shape index (κ1) is 12.1. The zero-order valence-corrected chi connectivity index (χ0v) is 11.5. The van der Waals surface area contributed by atoms with Crippen molar-refractivity contribution in [1.29, 1.82) is 0 Å². The first-order chi connectivity index (χ1) is 8.84. The van der Waals surface area contributed by atoms with E-state index in [1.165, 1.54) is 36.9 Å². The van der Waals surface area contributed by atoms with Crippen molar-refractivity contribution in [2.75, 3.05) is 24.5 Å². The van der Waals surface area contributed by atoms with E-state index in [1.54, 1.807) is 0 Å². The number of nitrogens with one attached hydrogen (secondary N) is 2. The van der Waals surface area contributed by atoms with E-state index < -0.39 is 0 Å². The molecule has 0 bridgehead atoms. The van der Waals surface area contributed by atoms with Crippen LogP contribution in [0.2, 0.25) is 0 Å². The van der Waals surface area contributed by atoms with Crippen LogP contribution < -0.4 is 10.2 Å². The fourth-order valence-corrected chi connectivity index (χ4v) is 3.13. The third-order valence-electron chi connectivity index (χ3n) is 3.86. The maximum atomic E-state index is 5.27. The second kappa shape index (κ2) is 5.36. The third-order valence-corrected chi connectivity index (χ3v) is 4.05. The lowest BCUT2D eigenvalue weighted by Crippen LogP contribution is -2.31. The normalized spacial score (nSPS) is 20.3. The van der Waals surface area contributed by atoms with E-state index in [2.05, 4.69) is 20.2 Å². The number of fused-ring (bicyclic) bond motifs is 1. The number of hydrogen-bond donors (Lipinski definition) is 2. The summed E-state index contributed by atoms with van der Waals surface area (Å²) in [5, 5.41) is 3.39. The van der Waals surface area contributed by atoms with E-state index in [0.717, 1.165) is 38.4 Å². The molecule has 0 radical (unpaired) electrons. The number of aromatic nitrogens is 2. The molecule has 98 valence electrons. The molecule has 0 unspecified atom stereocenters.